The van der Waals surface area contributed by atoms with Crippen LogP contribution >= 0.6 is 0 Å². The first-order valence-electron chi connectivity index (χ1n) is 6.86. The van der Waals surface area contributed by atoms with Crippen LogP contribution in [0.3, 0.4) is 0 Å². The second-order valence-corrected chi connectivity index (χ2v) is 4.76. The number of hydrogen-bond donors (Lipinski definition) is 1. The molecule has 3 rings (SSSR count). The van der Waals surface area contributed by atoms with E-state index in [2.05, 4.69) is 84.2 Å². The zero-order valence-electron chi connectivity index (χ0n) is 11.3. The van der Waals surface area contributed by atoms with Crippen LogP contribution < -0.4 is 5.32 Å². The number of hydrogen-bond acceptors (Lipinski definition) is 1. The Morgan fingerprint density at radius 3 is 2.35 bits per heavy atom. The molecule has 1 heteroatoms. The fourth-order valence-corrected chi connectivity index (χ4v) is 2.24. The molecular weight excluding hydrogens is 242 g/mol. The molecule has 3 aromatic rings. The Hall–Kier alpha value is -2.54. The van der Waals surface area contributed by atoms with E-state index in [1.807, 2.05) is 6.07 Å². The van der Waals surface area contributed by atoms with Crippen molar-refractivity contribution < 1.29 is 0 Å². The van der Waals surface area contributed by atoms with E-state index in [0.717, 1.165) is 12.2 Å². The molecule has 0 aliphatic rings. The molecule has 0 atom stereocenters. The van der Waals surface area contributed by atoms with E-state index in [0.29, 0.717) is 0 Å². The highest BCUT2D eigenvalue weighted by Gasteiger charge is 1.94. The third-order valence-electron chi connectivity index (χ3n) is 3.28. The molecule has 0 unspecified atom stereocenters. The predicted molar refractivity (Wildman–Crippen MR) is 87.9 cm³/mol. The summed E-state index contributed by atoms with van der Waals surface area (Å²) in [5.74, 6) is 0. The van der Waals surface area contributed by atoms with Gasteiger partial charge in [0.15, 0.2) is 0 Å². The van der Waals surface area contributed by atoms with E-state index >= 15 is 0 Å². The van der Waals surface area contributed by atoms with Crippen LogP contribution in [0.1, 0.15) is 5.56 Å². The maximum absolute atomic E-state index is 3.42. The summed E-state index contributed by atoms with van der Waals surface area (Å²) in [4.78, 5) is 0. The molecule has 0 saturated heterocycles. The fourth-order valence-electron chi connectivity index (χ4n) is 2.24. The number of benzene rings is 3. The number of nitrogens with one attached hydrogen (secondary N) is 1. The first kappa shape index (κ1) is 12.5. The van der Waals surface area contributed by atoms with Gasteiger partial charge in [0.2, 0.25) is 0 Å². The standard InChI is InChI=1S/C19H17N/c1-2-7-16(8-3-1)9-6-14-20-19-13-12-17-10-4-5-11-18(17)15-19/h1-13,15,20H,14H2. The Morgan fingerprint density at radius 2 is 1.50 bits per heavy atom. The minimum atomic E-state index is 0.827. The molecule has 0 heterocycles. The van der Waals surface area contributed by atoms with Crippen molar-refractivity contribution in [2.75, 3.05) is 11.9 Å². The molecule has 20 heavy (non-hydrogen) atoms. The third kappa shape index (κ3) is 3.07. The van der Waals surface area contributed by atoms with Gasteiger partial charge in [-0.3, -0.25) is 0 Å². The largest absolute Gasteiger partial charge is 0.382 e. The van der Waals surface area contributed by atoms with Gasteiger partial charge >= 0.3 is 0 Å². The molecule has 98 valence electrons. The normalized spacial score (nSPS) is 11.0. The van der Waals surface area contributed by atoms with Crippen LogP contribution in [0.4, 0.5) is 5.69 Å². The maximum Gasteiger partial charge on any atom is 0.0349 e. The Balaban J connectivity index is 1.64. The smallest absolute Gasteiger partial charge is 0.0349 e. The van der Waals surface area contributed by atoms with Crippen molar-refractivity contribution in [2.45, 2.75) is 0 Å². The molecule has 0 saturated carbocycles. The minimum Gasteiger partial charge on any atom is -0.382 e. The first-order chi connectivity index (χ1) is 9.92. The summed E-state index contributed by atoms with van der Waals surface area (Å²) in [5.41, 5.74) is 2.38. The van der Waals surface area contributed by atoms with E-state index in [9.17, 15) is 0 Å². The van der Waals surface area contributed by atoms with Gasteiger partial charge in [0.25, 0.3) is 0 Å². The van der Waals surface area contributed by atoms with Crippen LogP contribution in [-0.2, 0) is 0 Å². The average molecular weight is 259 g/mol. The molecule has 0 radical (unpaired) electrons. The van der Waals surface area contributed by atoms with Crippen LogP contribution in [0.25, 0.3) is 16.8 Å². The molecule has 0 aliphatic heterocycles. The van der Waals surface area contributed by atoms with Crippen molar-refractivity contribution in [1.29, 1.82) is 0 Å². The maximum atomic E-state index is 3.42. The summed E-state index contributed by atoms with van der Waals surface area (Å²) in [6, 6.07) is 25.2. The summed E-state index contributed by atoms with van der Waals surface area (Å²) in [6.07, 6.45) is 4.28. The van der Waals surface area contributed by atoms with E-state index in [1.165, 1.54) is 16.3 Å². The predicted octanol–water partition coefficient (Wildman–Crippen LogP) is 4.97. The van der Waals surface area contributed by atoms with Gasteiger partial charge in [-0.25, -0.2) is 0 Å². The lowest BCUT2D eigenvalue weighted by Gasteiger charge is -2.05. The zero-order valence-corrected chi connectivity index (χ0v) is 11.3. The van der Waals surface area contributed by atoms with Crippen molar-refractivity contribution >= 4 is 22.5 Å². The quantitative estimate of drug-likeness (QED) is 0.698. The van der Waals surface area contributed by atoms with Gasteiger partial charge in [-0.15, -0.1) is 0 Å². The number of rotatable bonds is 4. The molecule has 0 aliphatic carbocycles. The van der Waals surface area contributed by atoms with Gasteiger partial charge < -0.3 is 5.32 Å². The Labute approximate surface area is 119 Å². The van der Waals surface area contributed by atoms with E-state index < -0.39 is 0 Å². The molecule has 1 nitrogen and oxygen atoms in total. The van der Waals surface area contributed by atoms with Gasteiger partial charge in [0.05, 0.1) is 0 Å². The van der Waals surface area contributed by atoms with Gasteiger partial charge in [-0.2, -0.15) is 0 Å². The van der Waals surface area contributed by atoms with Crippen LogP contribution in [-0.4, -0.2) is 6.54 Å². The monoisotopic (exact) mass is 259 g/mol. The Bertz CT molecular complexity index is 714. The van der Waals surface area contributed by atoms with E-state index in [-0.39, 0.29) is 0 Å². The molecular formula is C19H17N. The molecule has 1 N–H and O–H groups in total. The van der Waals surface area contributed by atoms with Gasteiger partial charge in [0.1, 0.15) is 0 Å². The van der Waals surface area contributed by atoms with Crippen LogP contribution in [0.15, 0.2) is 78.9 Å². The number of anilines is 1. The van der Waals surface area contributed by atoms with Gasteiger partial charge in [-0.05, 0) is 28.5 Å². The van der Waals surface area contributed by atoms with Crippen molar-refractivity contribution in [3.05, 3.63) is 84.4 Å². The van der Waals surface area contributed by atoms with Gasteiger partial charge in [-0.1, -0.05) is 72.8 Å². The topological polar surface area (TPSA) is 12.0 Å². The molecule has 0 spiro atoms. The second-order valence-electron chi connectivity index (χ2n) is 4.76. The highest BCUT2D eigenvalue weighted by molar-refractivity contribution is 5.85. The second kappa shape index (κ2) is 6.07. The zero-order chi connectivity index (χ0) is 13.6. The Kier molecular flexibility index (Phi) is 3.79. The molecule has 3 aromatic carbocycles. The SMILES string of the molecule is C(=Cc1ccccc1)CNc1ccc2ccccc2c1. The summed E-state index contributed by atoms with van der Waals surface area (Å²) >= 11 is 0. The number of fused-ring (bicyclic) bond motifs is 1. The molecule has 0 fully saturated rings. The minimum absolute atomic E-state index is 0.827. The third-order valence-corrected chi connectivity index (χ3v) is 3.28. The fraction of sp³-hybridized carbons (Fsp3) is 0.0526. The van der Waals surface area contributed by atoms with Crippen molar-refractivity contribution in [2.24, 2.45) is 0 Å². The van der Waals surface area contributed by atoms with Gasteiger partial charge in [0, 0.05) is 12.2 Å². The van der Waals surface area contributed by atoms with E-state index in [4.69, 9.17) is 0 Å². The highest BCUT2D eigenvalue weighted by Crippen LogP contribution is 2.18. The van der Waals surface area contributed by atoms with Crippen LogP contribution in [0, 0.1) is 0 Å². The average Bonchev–Trinajstić information content (AvgIpc) is 2.52. The van der Waals surface area contributed by atoms with Crippen LogP contribution in [0.5, 0.6) is 0 Å². The first-order valence-corrected chi connectivity index (χ1v) is 6.86. The lowest BCUT2D eigenvalue weighted by Crippen LogP contribution is -1.97. The summed E-state index contributed by atoms with van der Waals surface area (Å²) < 4.78 is 0. The van der Waals surface area contributed by atoms with Crippen molar-refractivity contribution in [3.63, 3.8) is 0 Å². The summed E-state index contributed by atoms with van der Waals surface area (Å²) in [6.45, 7) is 0.827. The lowest BCUT2D eigenvalue weighted by molar-refractivity contribution is 1.35. The van der Waals surface area contributed by atoms with Crippen molar-refractivity contribution in [3.8, 4) is 0 Å². The van der Waals surface area contributed by atoms with Crippen LogP contribution in [0.2, 0.25) is 0 Å². The van der Waals surface area contributed by atoms with E-state index in [1.54, 1.807) is 0 Å². The molecule has 0 aromatic heterocycles. The summed E-state index contributed by atoms with van der Waals surface area (Å²) in [7, 11) is 0. The molecule has 0 bridgehead atoms. The molecule has 0 amide bonds. The summed E-state index contributed by atoms with van der Waals surface area (Å²) in [5, 5.41) is 5.96. The Morgan fingerprint density at radius 1 is 0.750 bits per heavy atom. The van der Waals surface area contributed by atoms with Crippen molar-refractivity contribution in [1.82, 2.24) is 0 Å². The lowest BCUT2D eigenvalue weighted by atomic mass is 10.1. The highest BCUT2D eigenvalue weighted by atomic mass is 14.8.